The zero-order valence-corrected chi connectivity index (χ0v) is 11.4. The highest BCUT2D eigenvalue weighted by atomic mass is 19.1. The summed E-state index contributed by atoms with van der Waals surface area (Å²) >= 11 is 0. The van der Waals surface area contributed by atoms with Gasteiger partial charge in [-0.3, -0.25) is 4.79 Å². The molecule has 0 saturated heterocycles. The van der Waals surface area contributed by atoms with E-state index in [1.807, 2.05) is 13.8 Å². The topological polar surface area (TPSA) is 54.0 Å². The molecule has 20 heavy (non-hydrogen) atoms. The van der Waals surface area contributed by atoms with Crippen molar-refractivity contribution >= 4 is 17.4 Å². The fourth-order valence-corrected chi connectivity index (χ4v) is 1.65. The molecular weight excluding hydrogens is 257 g/mol. The van der Waals surface area contributed by atoms with Crippen molar-refractivity contribution < 1.29 is 9.18 Å². The highest BCUT2D eigenvalue weighted by Crippen LogP contribution is 2.12. The van der Waals surface area contributed by atoms with E-state index in [-0.39, 0.29) is 11.7 Å². The molecule has 4 nitrogen and oxygen atoms in total. The summed E-state index contributed by atoms with van der Waals surface area (Å²) < 4.78 is 12.8. The number of aromatic nitrogens is 1. The summed E-state index contributed by atoms with van der Waals surface area (Å²) in [4.78, 5) is 16.1. The first kappa shape index (κ1) is 14.0. The van der Waals surface area contributed by atoms with E-state index in [1.54, 1.807) is 18.3 Å². The van der Waals surface area contributed by atoms with Gasteiger partial charge in [-0.15, -0.1) is 0 Å². The second-order valence-corrected chi connectivity index (χ2v) is 4.69. The van der Waals surface area contributed by atoms with Crippen LogP contribution in [0, 0.1) is 5.82 Å². The largest absolute Gasteiger partial charge is 0.368 e. The third-order valence-corrected chi connectivity index (χ3v) is 2.56. The van der Waals surface area contributed by atoms with Crippen molar-refractivity contribution in [3.05, 3.63) is 54.0 Å². The molecule has 0 saturated carbocycles. The molecule has 1 aromatic heterocycles. The highest BCUT2D eigenvalue weighted by molar-refractivity contribution is 6.04. The van der Waals surface area contributed by atoms with Crippen molar-refractivity contribution in [2.45, 2.75) is 19.9 Å². The van der Waals surface area contributed by atoms with Gasteiger partial charge in [0.05, 0.1) is 11.9 Å². The van der Waals surface area contributed by atoms with Gasteiger partial charge in [0.1, 0.15) is 11.6 Å². The fourth-order valence-electron chi connectivity index (χ4n) is 1.65. The number of amides is 1. The van der Waals surface area contributed by atoms with Crippen LogP contribution in [0.15, 0.2) is 42.6 Å². The Labute approximate surface area is 117 Å². The maximum Gasteiger partial charge on any atom is 0.255 e. The van der Waals surface area contributed by atoms with E-state index >= 15 is 0 Å². The van der Waals surface area contributed by atoms with Gasteiger partial charge in [0.25, 0.3) is 5.91 Å². The van der Waals surface area contributed by atoms with E-state index in [2.05, 4.69) is 15.6 Å². The summed E-state index contributed by atoms with van der Waals surface area (Å²) in [7, 11) is 0. The number of anilines is 2. The number of carbonyl (C=O) groups is 1. The van der Waals surface area contributed by atoms with Crippen molar-refractivity contribution in [2.24, 2.45) is 0 Å². The Morgan fingerprint density at radius 2 is 1.85 bits per heavy atom. The molecule has 0 radical (unpaired) electrons. The molecule has 1 aromatic carbocycles. The van der Waals surface area contributed by atoms with Gasteiger partial charge in [-0.2, -0.15) is 0 Å². The molecule has 5 heteroatoms. The average Bonchev–Trinajstić information content (AvgIpc) is 2.41. The van der Waals surface area contributed by atoms with Gasteiger partial charge >= 0.3 is 0 Å². The van der Waals surface area contributed by atoms with Gasteiger partial charge in [0.15, 0.2) is 0 Å². The minimum absolute atomic E-state index is 0.294. The van der Waals surface area contributed by atoms with Crippen LogP contribution in [0.2, 0.25) is 0 Å². The van der Waals surface area contributed by atoms with E-state index < -0.39 is 0 Å². The minimum atomic E-state index is -0.368. The first-order valence-corrected chi connectivity index (χ1v) is 6.34. The summed E-state index contributed by atoms with van der Waals surface area (Å²) in [5.41, 5.74) is 0.990. The molecule has 2 aromatic rings. The summed E-state index contributed by atoms with van der Waals surface area (Å²) in [5.74, 6) is 0.0866. The molecule has 0 spiro atoms. The van der Waals surface area contributed by atoms with E-state index in [9.17, 15) is 9.18 Å². The van der Waals surface area contributed by atoms with Crippen LogP contribution in [0.25, 0.3) is 0 Å². The second-order valence-electron chi connectivity index (χ2n) is 4.69. The smallest absolute Gasteiger partial charge is 0.255 e. The summed E-state index contributed by atoms with van der Waals surface area (Å²) in [6, 6.07) is 9.23. The number of nitrogens with one attached hydrogen (secondary N) is 2. The second kappa shape index (κ2) is 6.14. The molecule has 2 N–H and O–H groups in total. The lowest BCUT2D eigenvalue weighted by Gasteiger charge is -2.10. The Morgan fingerprint density at radius 3 is 2.40 bits per heavy atom. The van der Waals surface area contributed by atoms with Gasteiger partial charge in [-0.05, 0) is 50.2 Å². The lowest BCUT2D eigenvalue weighted by atomic mass is 10.2. The number of nitrogens with zero attached hydrogens (tertiary/aromatic N) is 1. The average molecular weight is 273 g/mol. The standard InChI is InChI=1S/C15H16FN3O/c1-10(2)18-14-8-7-13(9-17-14)19-15(20)11-3-5-12(16)6-4-11/h3-10H,1-2H3,(H,17,18)(H,19,20). The van der Waals surface area contributed by atoms with Crippen LogP contribution in [0.4, 0.5) is 15.9 Å². The molecule has 1 heterocycles. The number of halogens is 1. The number of benzene rings is 1. The molecule has 2 rings (SSSR count). The first-order chi connectivity index (χ1) is 9.54. The van der Waals surface area contributed by atoms with Gasteiger partial charge in [-0.25, -0.2) is 9.37 Å². The van der Waals surface area contributed by atoms with Crippen LogP contribution in [-0.4, -0.2) is 16.9 Å². The van der Waals surface area contributed by atoms with Gasteiger partial charge in [-0.1, -0.05) is 0 Å². The summed E-state index contributed by atoms with van der Waals surface area (Å²) in [6.45, 7) is 4.04. The monoisotopic (exact) mass is 273 g/mol. The molecule has 0 unspecified atom stereocenters. The maximum absolute atomic E-state index is 12.8. The Hall–Kier alpha value is -2.43. The number of pyridine rings is 1. The van der Waals surface area contributed by atoms with Crippen molar-refractivity contribution in [3.63, 3.8) is 0 Å². The third kappa shape index (κ3) is 3.78. The van der Waals surface area contributed by atoms with Crippen LogP contribution in [0.3, 0.4) is 0 Å². The van der Waals surface area contributed by atoms with Crippen LogP contribution in [0.1, 0.15) is 24.2 Å². The van der Waals surface area contributed by atoms with Crippen molar-refractivity contribution in [1.29, 1.82) is 0 Å². The van der Waals surface area contributed by atoms with Crippen molar-refractivity contribution in [3.8, 4) is 0 Å². The molecule has 0 bridgehead atoms. The van der Waals surface area contributed by atoms with Gasteiger partial charge in [0.2, 0.25) is 0 Å². The predicted octanol–water partition coefficient (Wildman–Crippen LogP) is 3.29. The summed E-state index contributed by atoms with van der Waals surface area (Å²) in [6.07, 6.45) is 1.58. The Balaban J connectivity index is 2.02. The minimum Gasteiger partial charge on any atom is -0.368 e. The fraction of sp³-hybridized carbons (Fsp3) is 0.200. The number of hydrogen-bond acceptors (Lipinski definition) is 3. The van der Waals surface area contributed by atoms with E-state index in [0.717, 1.165) is 5.82 Å². The quantitative estimate of drug-likeness (QED) is 0.898. The zero-order valence-electron chi connectivity index (χ0n) is 11.4. The lowest BCUT2D eigenvalue weighted by molar-refractivity contribution is 0.102. The maximum atomic E-state index is 12.8. The van der Waals surface area contributed by atoms with Crippen LogP contribution < -0.4 is 10.6 Å². The molecule has 0 atom stereocenters. The summed E-state index contributed by atoms with van der Waals surface area (Å²) in [5, 5.41) is 5.86. The zero-order chi connectivity index (χ0) is 14.5. The Kier molecular flexibility index (Phi) is 4.30. The van der Waals surface area contributed by atoms with Crippen molar-refractivity contribution in [1.82, 2.24) is 4.98 Å². The third-order valence-electron chi connectivity index (χ3n) is 2.56. The molecule has 0 aliphatic carbocycles. The molecule has 1 amide bonds. The normalized spacial score (nSPS) is 10.4. The van der Waals surface area contributed by atoms with Gasteiger partial charge < -0.3 is 10.6 Å². The molecule has 0 aliphatic heterocycles. The Morgan fingerprint density at radius 1 is 1.15 bits per heavy atom. The molecular formula is C15H16FN3O. The van der Waals surface area contributed by atoms with Gasteiger partial charge in [0, 0.05) is 11.6 Å². The van der Waals surface area contributed by atoms with Crippen molar-refractivity contribution in [2.75, 3.05) is 10.6 Å². The van der Waals surface area contributed by atoms with E-state index in [0.29, 0.717) is 17.3 Å². The Bertz CT molecular complexity index is 579. The SMILES string of the molecule is CC(C)Nc1ccc(NC(=O)c2ccc(F)cc2)cn1. The molecule has 104 valence electrons. The number of hydrogen-bond donors (Lipinski definition) is 2. The van der Waals surface area contributed by atoms with Crippen LogP contribution in [-0.2, 0) is 0 Å². The first-order valence-electron chi connectivity index (χ1n) is 6.34. The van der Waals surface area contributed by atoms with Crippen LogP contribution in [0.5, 0.6) is 0 Å². The lowest BCUT2D eigenvalue weighted by Crippen LogP contribution is -2.13. The number of rotatable bonds is 4. The van der Waals surface area contributed by atoms with E-state index in [4.69, 9.17) is 0 Å². The highest BCUT2D eigenvalue weighted by Gasteiger charge is 2.06. The predicted molar refractivity (Wildman–Crippen MR) is 77.3 cm³/mol. The molecule has 0 fully saturated rings. The number of carbonyl (C=O) groups excluding carboxylic acids is 1. The molecule has 0 aliphatic rings. The van der Waals surface area contributed by atoms with Crippen LogP contribution >= 0.6 is 0 Å². The van der Waals surface area contributed by atoms with E-state index in [1.165, 1.54) is 24.3 Å².